The molecule has 2 amide bonds. The lowest BCUT2D eigenvalue weighted by Gasteiger charge is -2.29. The van der Waals surface area contributed by atoms with Crippen molar-refractivity contribution in [2.45, 2.75) is 33.2 Å². The third-order valence-corrected chi connectivity index (χ3v) is 4.90. The van der Waals surface area contributed by atoms with Gasteiger partial charge in [0.1, 0.15) is 5.49 Å². The van der Waals surface area contributed by atoms with Crippen molar-refractivity contribution in [3.05, 3.63) is 65.3 Å². The molecule has 0 unspecified atom stereocenters. The van der Waals surface area contributed by atoms with Gasteiger partial charge in [0.15, 0.2) is 0 Å². The van der Waals surface area contributed by atoms with E-state index >= 15 is 0 Å². The highest BCUT2D eigenvalue weighted by Crippen LogP contribution is 2.18. The maximum atomic E-state index is 12.6. The first-order valence-corrected chi connectivity index (χ1v) is 9.08. The van der Waals surface area contributed by atoms with Gasteiger partial charge in [-0.3, -0.25) is 9.59 Å². The average molecular weight is 351 g/mol. The van der Waals surface area contributed by atoms with Crippen LogP contribution in [0.2, 0.25) is 0 Å². The summed E-state index contributed by atoms with van der Waals surface area (Å²) in [6, 6.07) is 14.1. The molecule has 2 heterocycles. The van der Waals surface area contributed by atoms with Crippen molar-refractivity contribution in [1.82, 2.24) is 9.47 Å². The van der Waals surface area contributed by atoms with Crippen LogP contribution < -0.4 is 5.49 Å². The average Bonchev–Trinajstić information content (AvgIpc) is 2.65. The molecule has 0 saturated carbocycles. The molecule has 136 valence electrons. The minimum absolute atomic E-state index is 0.0758. The molecule has 1 aromatic carbocycles. The van der Waals surface area contributed by atoms with Gasteiger partial charge in [-0.25, -0.2) is 0 Å². The number of rotatable bonds is 3. The van der Waals surface area contributed by atoms with Gasteiger partial charge in [0.25, 0.3) is 5.91 Å². The van der Waals surface area contributed by atoms with Crippen LogP contribution in [0.4, 0.5) is 0 Å². The molecule has 1 aliphatic heterocycles. The lowest BCUT2D eigenvalue weighted by Crippen LogP contribution is -2.39. The second-order valence-corrected chi connectivity index (χ2v) is 6.90. The van der Waals surface area contributed by atoms with E-state index in [9.17, 15) is 9.59 Å². The lowest BCUT2D eigenvalue weighted by atomic mass is 9.96. The second-order valence-electron chi connectivity index (χ2n) is 6.90. The summed E-state index contributed by atoms with van der Waals surface area (Å²) in [6.07, 6.45) is 3.32. The minimum atomic E-state index is -0.0985. The van der Waals surface area contributed by atoms with Gasteiger partial charge in [0.2, 0.25) is 5.91 Å². The van der Waals surface area contributed by atoms with Gasteiger partial charge >= 0.3 is 0 Å². The molecule has 26 heavy (non-hydrogen) atoms. The smallest absolute Gasteiger partial charge is 0.250 e. The molecule has 0 bridgehead atoms. The summed E-state index contributed by atoms with van der Waals surface area (Å²) in [5.41, 5.74) is 3.07. The van der Waals surface area contributed by atoms with Gasteiger partial charge in [0.05, 0.1) is 0 Å². The summed E-state index contributed by atoms with van der Waals surface area (Å²) in [4.78, 5) is 30.2. The van der Waals surface area contributed by atoms with Crippen molar-refractivity contribution < 1.29 is 9.59 Å². The van der Waals surface area contributed by atoms with E-state index in [1.165, 1.54) is 11.1 Å². The molecule has 0 atom stereocenters. The Kier molecular flexibility index (Phi) is 5.66. The fourth-order valence-electron chi connectivity index (χ4n) is 3.24. The maximum Gasteiger partial charge on any atom is 0.250 e. The highest BCUT2D eigenvalue weighted by atomic mass is 16.2. The number of aromatic nitrogens is 1. The topological polar surface area (TPSA) is 54.7 Å². The van der Waals surface area contributed by atoms with E-state index in [1.54, 1.807) is 11.8 Å². The molecule has 0 spiro atoms. The molecule has 1 aliphatic rings. The quantitative estimate of drug-likeness (QED) is 0.853. The number of hydrogen-bond acceptors (Lipinski definition) is 2. The molecule has 5 nitrogen and oxygen atoms in total. The number of amides is 2. The molecule has 0 N–H and O–H groups in total. The number of nitrogens with zero attached hydrogens (tertiary/aromatic N) is 3. The summed E-state index contributed by atoms with van der Waals surface area (Å²) >= 11 is 0. The number of aryl methyl sites for hydroxylation is 1. The van der Waals surface area contributed by atoms with Crippen molar-refractivity contribution in [3.8, 4) is 0 Å². The first kappa shape index (κ1) is 18.1. The zero-order valence-electron chi connectivity index (χ0n) is 15.4. The predicted octanol–water partition coefficient (Wildman–Crippen LogP) is 2.53. The lowest BCUT2D eigenvalue weighted by molar-refractivity contribution is -0.132. The largest absolute Gasteiger partial charge is 0.343 e. The van der Waals surface area contributed by atoms with Crippen LogP contribution >= 0.6 is 0 Å². The molecule has 5 heteroatoms. The van der Waals surface area contributed by atoms with Gasteiger partial charge < -0.3 is 9.47 Å². The highest BCUT2D eigenvalue weighted by Gasteiger charge is 2.25. The van der Waals surface area contributed by atoms with Crippen LogP contribution in [0.15, 0.2) is 53.7 Å². The van der Waals surface area contributed by atoms with Crippen LogP contribution in [0.1, 0.15) is 30.9 Å². The van der Waals surface area contributed by atoms with E-state index in [-0.39, 0.29) is 17.7 Å². The maximum absolute atomic E-state index is 12.6. The summed E-state index contributed by atoms with van der Waals surface area (Å²) < 4.78 is 1.99. The molecule has 0 aliphatic carbocycles. The number of likely N-dealkylation sites (tertiary alicyclic amines) is 1. The van der Waals surface area contributed by atoms with Crippen LogP contribution in [-0.4, -0.2) is 34.4 Å². The molecule has 2 aromatic rings. The van der Waals surface area contributed by atoms with Gasteiger partial charge in [0, 0.05) is 38.7 Å². The first-order valence-electron chi connectivity index (χ1n) is 9.08. The number of carbonyl (C=O) groups excluding carboxylic acids is 2. The Morgan fingerprint density at radius 1 is 1.08 bits per heavy atom. The molecular formula is C21H25N3O2. The molecular weight excluding hydrogens is 326 g/mol. The molecule has 1 fully saturated rings. The van der Waals surface area contributed by atoms with E-state index < -0.39 is 0 Å². The Labute approximate surface area is 154 Å². The van der Waals surface area contributed by atoms with E-state index in [1.807, 2.05) is 29.0 Å². The van der Waals surface area contributed by atoms with Crippen molar-refractivity contribution in [2.24, 2.45) is 10.9 Å². The predicted molar refractivity (Wildman–Crippen MR) is 100 cm³/mol. The first-order chi connectivity index (χ1) is 12.5. The molecule has 0 radical (unpaired) electrons. The van der Waals surface area contributed by atoms with Crippen molar-refractivity contribution >= 4 is 11.8 Å². The zero-order chi connectivity index (χ0) is 18.5. The second kappa shape index (κ2) is 8.13. The summed E-state index contributed by atoms with van der Waals surface area (Å²) in [6.45, 7) is 5.59. The van der Waals surface area contributed by atoms with E-state index in [0.29, 0.717) is 38.0 Å². The molecule has 1 aromatic heterocycles. The van der Waals surface area contributed by atoms with Crippen LogP contribution in [0.5, 0.6) is 0 Å². The number of hydrogen-bond donors (Lipinski definition) is 0. The summed E-state index contributed by atoms with van der Waals surface area (Å²) in [5.74, 6) is -0.109. The van der Waals surface area contributed by atoms with E-state index in [0.717, 1.165) is 0 Å². The molecule has 3 rings (SSSR count). The third kappa shape index (κ3) is 4.48. The minimum Gasteiger partial charge on any atom is -0.343 e. The van der Waals surface area contributed by atoms with Crippen LogP contribution in [-0.2, 0) is 16.1 Å². The Morgan fingerprint density at radius 3 is 2.42 bits per heavy atom. The Morgan fingerprint density at radius 2 is 1.77 bits per heavy atom. The van der Waals surface area contributed by atoms with Gasteiger partial charge in [-0.1, -0.05) is 35.9 Å². The standard InChI is InChI=1S/C21H25N3O2/c1-16-6-8-18(9-7-16)15-24-12-4-3-5-20(24)22-21(26)19-10-13-23(14-11-19)17(2)25/h3-9,12,19H,10-11,13-15H2,1-2H3. The van der Waals surface area contributed by atoms with E-state index in [2.05, 4.69) is 36.2 Å². The highest BCUT2D eigenvalue weighted by molar-refractivity contribution is 5.80. The van der Waals surface area contributed by atoms with Crippen LogP contribution in [0, 0.1) is 12.8 Å². The Bertz CT molecular complexity index is 844. The Balaban J connectivity index is 1.75. The van der Waals surface area contributed by atoms with Gasteiger partial charge in [-0.15, -0.1) is 0 Å². The van der Waals surface area contributed by atoms with Crippen LogP contribution in [0.25, 0.3) is 0 Å². The monoisotopic (exact) mass is 351 g/mol. The zero-order valence-corrected chi connectivity index (χ0v) is 15.4. The van der Waals surface area contributed by atoms with Crippen molar-refractivity contribution in [1.29, 1.82) is 0 Å². The fourth-order valence-corrected chi connectivity index (χ4v) is 3.24. The number of piperidine rings is 1. The van der Waals surface area contributed by atoms with E-state index in [4.69, 9.17) is 0 Å². The molecule has 1 saturated heterocycles. The van der Waals surface area contributed by atoms with Crippen molar-refractivity contribution in [3.63, 3.8) is 0 Å². The SMILES string of the molecule is CC(=O)N1CCC(C(=O)N=c2ccccn2Cc2ccc(C)cc2)CC1. The van der Waals surface area contributed by atoms with Gasteiger partial charge in [-0.05, 0) is 37.5 Å². The van der Waals surface area contributed by atoms with Crippen LogP contribution in [0.3, 0.4) is 0 Å². The normalized spacial score (nSPS) is 15.9. The number of carbonyl (C=O) groups is 2. The Hall–Kier alpha value is -2.69. The number of benzene rings is 1. The van der Waals surface area contributed by atoms with Crippen molar-refractivity contribution in [2.75, 3.05) is 13.1 Å². The summed E-state index contributed by atoms with van der Waals surface area (Å²) in [7, 11) is 0. The van der Waals surface area contributed by atoms with Gasteiger partial charge in [-0.2, -0.15) is 4.99 Å². The fraction of sp³-hybridized carbons (Fsp3) is 0.381. The summed E-state index contributed by atoms with van der Waals surface area (Å²) in [5, 5.41) is 0. The number of pyridine rings is 1. The third-order valence-electron chi connectivity index (χ3n) is 4.90.